The normalized spacial score (nSPS) is 23.8. The van der Waals surface area contributed by atoms with E-state index in [4.69, 9.17) is 10.00 Å². The molecule has 2 unspecified atom stereocenters. The summed E-state index contributed by atoms with van der Waals surface area (Å²) in [7, 11) is 0. The second-order valence-corrected chi connectivity index (χ2v) is 8.33. The Hall–Kier alpha value is -2.39. The van der Waals surface area contributed by atoms with E-state index in [0.717, 1.165) is 37.8 Å². The average molecular weight is 383 g/mol. The van der Waals surface area contributed by atoms with Crippen LogP contribution in [0.15, 0.2) is 24.3 Å². The molecular weight excluding hydrogens is 354 g/mol. The van der Waals surface area contributed by atoms with Gasteiger partial charge in [-0.1, -0.05) is 18.2 Å². The van der Waals surface area contributed by atoms with Crippen molar-refractivity contribution in [2.45, 2.75) is 57.6 Å². The Labute approximate surface area is 166 Å². The van der Waals surface area contributed by atoms with Crippen molar-refractivity contribution in [1.29, 1.82) is 5.26 Å². The van der Waals surface area contributed by atoms with E-state index in [2.05, 4.69) is 11.4 Å². The van der Waals surface area contributed by atoms with Crippen LogP contribution in [-0.2, 0) is 16.0 Å². The summed E-state index contributed by atoms with van der Waals surface area (Å²) in [4.78, 5) is 27.6. The monoisotopic (exact) mass is 383 g/mol. The topological polar surface area (TPSA) is 82.4 Å². The predicted octanol–water partition coefficient (Wildman–Crippen LogP) is 2.68. The Kier molecular flexibility index (Phi) is 6.35. The molecule has 6 nitrogen and oxygen atoms in total. The highest BCUT2D eigenvalue weighted by Crippen LogP contribution is 2.31. The maximum Gasteiger partial charge on any atom is 0.251 e. The van der Waals surface area contributed by atoms with E-state index in [0.29, 0.717) is 18.7 Å². The van der Waals surface area contributed by atoms with E-state index in [1.54, 1.807) is 18.2 Å². The van der Waals surface area contributed by atoms with E-state index in [1.807, 2.05) is 24.8 Å². The number of nitrogens with one attached hydrogen (secondary N) is 1. The lowest BCUT2D eigenvalue weighted by molar-refractivity contribution is -0.146. The Morgan fingerprint density at radius 3 is 2.86 bits per heavy atom. The Morgan fingerprint density at radius 1 is 1.32 bits per heavy atom. The van der Waals surface area contributed by atoms with E-state index < -0.39 is 0 Å². The zero-order valence-corrected chi connectivity index (χ0v) is 16.7. The van der Waals surface area contributed by atoms with Gasteiger partial charge in [0.15, 0.2) is 0 Å². The van der Waals surface area contributed by atoms with Gasteiger partial charge in [0, 0.05) is 37.2 Å². The molecule has 0 radical (unpaired) electrons. The molecule has 2 saturated heterocycles. The highest BCUT2D eigenvalue weighted by Gasteiger charge is 2.38. The number of rotatable bonds is 5. The van der Waals surface area contributed by atoms with Crippen LogP contribution in [0, 0.1) is 17.2 Å². The Bertz CT molecular complexity index is 769. The molecule has 6 heteroatoms. The van der Waals surface area contributed by atoms with Gasteiger partial charge in [-0.25, -0.2) is 0 Å². The molecule has 2 aliphatic rings. The number of likely N-dealkylation sites (tertiary alicyclic amines) is 1. The van der Waals surface area contributed by atoms with Crippen LogP contribution in [0.25, 0.3) is 0 Å². The van der Waals surface area contributed by atoms with Gasteiger partial charge < -0.3 is 15.0 Å². The van der Waals surface area contributed by atoms with Crippen LogP contribution in [0.3, 0.4) is 0 Å². The summed E-state index contributed by atoms with van der Waals surface area (Å²) in [6.07, 6.45) is 3.57. The third kappa shape index (κ3) is 4.71. The molecule has 2 amide bonds. The molecule has 0 spiro atoms. The summed E-state index contributed by atoms with van der Waals surface area (Å²) in [5.74, 6) is 0.00626. The highest BCUT2D eigenvalue weighted by molar-refractivity contribution is 5.95. The number of hydrogen-bond acceptors (Lipinski definition) is 4. The molecule has 0 aromatic heterocycles. The summed E-state index contributed by atoms with van der Waals surface area (Å²) < 4.78 is 5.74. The molecule has 0 aliphatic carbocycles. The number of carbonyl (C=O) groups excluding carboxylic acids is 2. The van der Waals surface area contributed by atoms with E-state index in [-0.39, 0.29) is 35.8 Å². The van der Waals surface area contributed by atoms with Crippen LogP contribution in [0.1, 0.15) is 55.5 Å². The van der Waals surface area contributed by atoms with Crippen molar-refractivity contribution in [2.24, 2.45) is 5.92 Å². The predicted molar refractivity (Wildman–Crippen MR) is 106 cm³/mol. The standard InChI is InChI=1S/C22H29N3O3/c1-22(2)14-17(10-13-28-22)21(27)25-12-5-7-18(25)15-24-20(26)19-8-4-3-6-16(19)9-11-23/h3-4,6,8,17-18H,5,7,9-10,12-15H2,1-2H3,(H,24,26). The molecule has 0 bridgehead atoms. The van der Waals surface area contributed by atoms with Crippen LogP contribution in [-0.4, -0.2) is 48.1 Å². The van der Waals surface area contributed by atoms with E-state index >= 15 is 0 Å². The van der Waals surface area contributed by atoms with Crippen molar-refractivity contribution in [3.63, 3.8) is 0 Å². The number of nitrogens with zero attached hydrogens (tertiary/aromatic N) is 2. The second kappa shape index (κ2) is 8.74. The molecule has 0 saturated carbocycles. The minimum atomic E-state index is -0.257. The van der Waals surface area contributed by atoms with Crippen molar-refractivity contribution in [3.8, 4) is 6.07 Å². The van der Waals surface area contributed by atoms with Crippen LogP contribution < -0.4 is 5.32 Å². The minimum Gasteiger partial charge on any atom is -0.376 e. The number of benzene rings is 1. The van der Waals surface area contributed by atoms with Gasteiger partial charge in [-0.2, -0.15) is 5.26 Å². The quantitative estimate of drug-likeness (QED) is 0.847. The number of nitriles is 1. The molecule has 2 heterocycles. The van der Waals surface area contributed by atoms with Gasteiger partial charge in [-0.05, 0) is 51.2 Å². The first-order valence-electron chi connectivity index (χ1n) is 10.1. The fraction of sp³-hybridized carbons (Fsp3) is 0.591. The van der Waals surface area contributed by atoms with Crippen LogP contribution >= 0.6 is 0 Å². The fourth-order valence-electron chi connectivity index (χ4n) is 4.30. The highest BCUT2D eigenvalue weighted by atomic mass is 16.5. The van der Waals surface area contributed by atoms with Gasteiger partial charge in [0.2, 0.25) is 5.91 Å². The van der Waals surface area contributed by atoms with E-state index in [9.17, 15) is 9.59 Å². The first-order chi connectivity index (χ1) is 13.4. The third-order valence-corrected chi connectivity index (χ3v) is 5.74. The van der Waals surface area contributed by atoms with Crippen molar-refractivity contribution < 1.29 is 14.3 Å². The van der Waals surface area contributed by atoms with Gasteiger partial charge in [0.25, 0.3) is 5.91 Å². The van der Waals surface area contributed by atoms with Gasteiger partial charge in [-0.15, -0.1) is 0 Å². The van der Waals surface area contributed by atoms with Crippen molar-refractivity contribution in [3.05, 3.63) is 35.4 Å². The first-order valence-corrected chi connectivity index (χ1v) is 10.1. The average Bonchev–Trinajstić information content (AvgIpc) is 3.14. The Morgan fingerprint density at radius 2 is 2.11 bits per heavy atom. The minimum absolute atomic E-state index is 0.00333. The number of ether oxygens (including phenoxy) is 1. The van der Waals surface area contributed by atoms with Crippen molar-refractivity contribution >= 4 is 11.8 Å². The molecule has 2 aliphatic heterocycles. The molecule has 1 aromatic carbocycles. The van der Waals surface area contributed by atoms with Gasteiger partial charge in [0.1, 0.15) is 0 Å². The van der Waals surface area contributed by atoms with Gasteiger partial charge in [-0.3, -0.25) is 9.59 Å². The summed E-state index contributed by atoms with van der Waals surface area (Å²) in [6, 6.07) is 9.30. The van der Waals surface area contributed by atoms with E-state index in [1.165, 1.54) is 0 Å². The lowest BCUT2D eigenvalue weighted by Gasteiger charge is -2.37. The molecule has 28 heavy (non-hydrogen) atoms. The number of carbonyl (C=O) groups is 2. The van der Waals surface area contributed by atoms with Crippen molar-refractivity contribution in [1.82, 2.24) is 10.2 Å². The Balaban J connectivity index is 1.60. The first kappa shape index (κ1) is 20.3. The maximum absolute atomic E-state index is 13.1. The molecular formula is C22H29N3O3. The zero-order valence-electron chi connectivity index (χ0n) is 16.7. The molecule has 150 valence electrons. The second-order valence-electron chi connectivity index (χ2n) is 8.33. The molecule has 2 atom stereocenters. The lowest BCUT2D eigenvalue weighted by Crippen LogP contribution is -2.48. The molecule has 1 aromatic rings. The number of hydrogen-bond donors (Lipinski definition) is 1. The number of amides is 2. The van der Waals surface area contributed by atoms with Crippen LogP contribution in [0.2, 0.25) is 0 Å². The third-order valence-electron chi connectivity index (χ3n) is 5.74. The maximum atomic E-state index is 13.1. The fourth-order valence-corrected chi connectivity index (χ4v) is 4.30. The SMILES string of the molecule is CC1(C)CC(C(=O)N2CCCC2CNC(=O)c2ccccc2CC#N)CCO1. The van der Waals surface area contributed by atoms with Gasteiger partial charge >= 0.3 is 0 Å². The van der Waals surface area contributed by atoms with Crippen LogP contribution in [0.5, 0.6) is 0 Å². The van der Waals surface area contributed by atoms with Gasteiger partial charge in [0.05, 0.1) is 18.1 Å². The van der Waals surface area contributed by atoms with Crippen LogP contribution in [0.4, 0.5) is 0 Å². The van der Waals surface area contributed by atoms with Crippen molar-refractivity contribution in [2.75, 3.05) is 19.7 Å². The summed E-state index contributed by atoms with van der Waals surface area (Å²) in [5.41, 5.74) is 1.00. The largest absolute Gasteiger partial charge is 0.376 e. The molecule has 1 N–H and O–H groups in total. The summed E-state index contributed by atoms with van der Waals surface area (Å²) in [5, 5.41) is 11.9. The molecule has 2 fully saturated rings. The lowest BCUT2D eigenvalue weighted by atomic mass is 9.87. The molecule has 3 rings (SSSR count). The smallest absolute Gasteiger partial charge is 0.251 e. The zero-order chi connectivity index (χ0) is 20.1. The summed E-state index contributed by atoms with van der Waals surface area (Å²) in [6.45, 7) is 5.88. The summed E-state index contributed by atoms with van der Waals surface area (Å²) >= 11 is 0.